The van der Waals surface area contributed by atoms with E-state index >= 15 is 0 Å². The lowest BCUT2D eigenvalue weighted by atomic mass is 10.1. The molecule has 1 saturated carbocycles. The third-order valence-electron chi connectivity index (χ3n) is 5.21. The number of carbonyl (C=O) groups excluding carboxylic acids is 1. The Morgan fingerprint density at radius 2 is 1.79 bits per heavy atom. The van der Waals surface area contributed by atoms with E-state index in [1.165, 1.54) is 37.1 Å². The number of guanidine groups is 1. The summed E-state index contributed by atoms with van der Waals surface area (Å²) >= 11 is 0. The van der Waals surface area contributed by atoms with E-state index in [9.17, 15) is 4.79 Å². The molecule has 3 rings (SSSR count). The monoisotopic (exact) mass is 513 g/mol. The zero-order valence-corrected chi connectivity index (χ0v) is 19.9. The van der Waals surface area contributed by atoms with Gasteiger partial charge in [-0.05, 0) is 63.2 Å². The number of rotatable bonds is 10. The molecule has 0 spiro atoms. The number of nitrogens with zero attached hydrogens (tertiary/aromatic N) is 2. The highest BCUT2D eigenvalue weighted by atomic mass is 127. The van der Waals surface area contributed by atoms with Gasteiger partial charge in [-0.25, -0.2) is 4.99 Å². The van der Waals surface area contributed by atoms with Gasteiger partial charge in [0.05, 0.1) is 6.54 Å². The van der Waals surface area contributed by atoms with Gasteiger partial charge in [-0.15, -0.1) is 24.0 Å². The Labute approximate surface area is 192 Å². The van der Waals surface area contributed by atoms with Crippen molar-refractivity contribution < 1.29 is 4.79 Å². The third kappa shape index (κ3) is 9.33. The van der Waals surface area contributed by atoms with E-state index in [0.29, 0.717) is 19.0 Å². The second-order valence-electron chi connectivity index (χ2n) is 7.87. The minimum atomic E-state index is 0. The van der Waals surface area contributed by atoms with Gasteiger partial charge in [0.2, 0.25) is 5.91 Å². The highest BCUT2D eigenvalue weighted by Gasteiger charge is 2.22. The number of hydrogen-bond acceptors (Lipinski definition) is 3. The van der Waals surface area contributed by atoms with E-state index in [0.717, 1.165) is 44.9 Å². The zero-order chi connectivity index (χ0) is 19.6. The lowest BCUT2D eigenvalue weighted by Gasteiger charge is -2.14. The molecule has 0 unspecified atom stereocenters. The molecule has 1 aromatic rings. The van der Waals surface area contributed by atoms with E-state index in [2.05, 4.69) is 57.0 Å². The Balaban J connectivity index is 0.00000300. The summed E-state index contributed by atoms with van der Waals surface area (Å²) in [7, 11) is 0. The molecule has 1 aromatic carbocycles. The molecule has 7 heteroatoms. The molecule has 0 bridgehead atoms. The lowest BCUT2D eigenvalue weighted by Crippen LogP contribution is -2.38. The third-order valence-corrected chi connectivity index (χ3v) is 5.21. The Hall–Kier alpha value is -1.35. The molecule has 29 heavy (non-hydrogen) atoms. The quantitative estimate of drug-likeness (QED) is 0.195. The Morgan fingerprint density at radius 1 is 1.10 bits per heavy atom. The van der Waals surface area contributed by atoms with Crippen LogP contribution in [0.15, 0.2) is 29.3 Å². The zero-order valence-electron chi connectivity index (χ0n) is 17.6. The highest BCUT2D eigenvalue weighted by Crippen LogP contribution is 2.18. The molecule has 3 N–H and O–H groups in total. The number of amides is 1. The Kier molecular flexibility index (Phi) is 10.8. The second kappa shape index (κ2) is 13.1. The number of carbonyl (C=O) groups is 1. The first kappa shape index (κ1) is 23.9. The fourth-order valence-electron chi connectivity index (χ4n) is 3.44. The van der Waals surface area contributed by atoms with Crippen molar-refractivity contribution >= 4 is 35.8 Å². The molecule has 6 nitrogen and oxygen atoms in total. The number of hydrogen-bond donors (Lipinski definition) is 3. The molecule has 0 atom stereocenters. The summed E-state index contributed by atoms with van der Waals surface area (Å²) in [6.45, 7) is 7.80. The number of likely N-dealkylation sites (tertiary alicyclic amines) is 1. The van der Waals surface area contributed by atoms with Gasteiger partial charge in [-0.2, -0.15) is 0 Å². The number of benzene rings is 1. The van der Waals surface area contributed by atoms with Gasteiger partial charge in [-0.1, -0.05) is 24.3 Å². The van der Waals surface area contributed by atoms with Crippen molar-refractivity contribution in [2.75, 3.05) is 26.2 Å². The SMILES string of the molecule is CCNC(=NCc1ccc(CN2CCCC2)cc1)NCCCC(=O)NC1CC1.I. The average Bonchev–Trinajstić information content (AvgIpc) is 3.36. The molecule has 1 saturated heterocycles. The molecule has 1 amide bonds. The smallest absolute Gasteiger partial charge is 0.220 e. The highest BCUT2D eigenvalue weighted by molar-refractivity contribution is 14.0. The van der Waals surface area contributed by atoms with E-state index in [1.54, 1.807) is 0 Å². The van der Waals surface area contributed by atoms with Gasteiger partial charge < -0.3 is 16.0 Å². The van der Waals surface area contributed by atoms with Crippen molar-refractivity contribution in [2.24, 2.45) is 4.99 Å². The summed E-state index contributed by atoms with van der Waals surface area (Å²) in [4.78, 5) is 18.9. The fourth-order valence-corrected chi connectivity index (χ4v) is 3.44. The minimum absolute atomic E-state index is 0. The minimum Gasteiger partial charge on any atom is -0.357 e. The molecule has 2 aliphatic rings. The Morgan fingerprint density at radius 3 is 2.45 bits per heavy atom. The second-order valence-corrected chi connectivity index (χ2v) is 7.87. The molecule has 1 aliphatic carbocycles. The normalized spacial score (nSPS) is 16.9. The predicted molar refractivity (Wildman–Crippen MR) is 130 cm³/mol. The molecule has 1 aliphatic heterocycles. The maximum Gasteiger partial charge on any atom is 0.220 e. The van der Waals surface area contributed by atoms with Crippen LogP contribution in [0.2, 0.25) is 0 Å². The maximum absolute atomic E-state index is 11.7. The fraction of sp³-hybridized carbons (Fsp3) is 0.636. The van der Waals surface area contributed by atoms with Gasteiger partial charge in [0.15, 0.2) is 5.96 Å². The standard InChI is InChI=1S/C22H35N5O.HI/c1-2-23-22(24-13-5-6-21(28)26-20-11-12-20)25-16-18-7-9-19(10-8-18)17-27-14-3-4-15-27;/h7-10,20H,2-6,11-17H2,1H3,(H,26,28)(H2,23,24,25);1H. The van der Waals surface area contributed by atoms with Crippen molar-refractivity contribution in [3.05, 3.63) is 35.4 Å². The van der Waals surface area contributed by atoms with E-state index < -0.39 is 0 Å². The van der Waals surface area contributed by atoms with Gasteiger partial charge in [0.1, 0.15) is 0 Å². The van der Waals surface area contributed by atoms with Crippen molar-refractivity contribution in [1.82, 2.24) is 20.9 Å². The number of halogens is 1. The Bertz CT molecular complexity index is 639. The van der Waals surface area contributed by atoms with Gasteiger partial charge in [0, 0.05) is 32.1 Å². The van der Waals surface area contributed by atoms with Crippen LogP contribution in [0.4, 0.5) is 0 Å². The van der Waals surface area contributed by atoms with Crippen LogP contribution in [-0.4, -0.2) is 49.0 Å². The molecule has 2 fully saturated rings. The average molecular weight is 513 g/mol. The number of aliphatic imine (C=N–C) groups is 1. The van der Waals surface area contributed by atoms with E-state index in [4.69, 9.17) is 0 Å². The summed E-state index contributed by atoms with van der Waals surface area (Å²) < 4.78 is 0. The maximum atomic E-state index is 11.7. The molecule has 0 aromatic heterocycles. The predicted octanol–water partition coefficient (Wildman–Crippen LogP) is 3.01. The molecule has 162 valence electrons. The van der Waals surface area contributed by atoms with Crippen LogP contribution in [0.3, 0.4) is 0 Å². The molecule has 1 heterocycles. The summed E-state index contributed by atoms with van der Waals surface area (Å²) in [6.07, 6.45) is 6.33. The summed E-state index contributed by atoms with van der Waals surface area (Å²) in [5.74, 6) is 0.978. The lowest BCUT2D eigenvalue weighted by molar-refractivity contribution is -0.121. The molecule has 0 radical (unpaired) electrons. The first-order valence-electron chi connectivity index (χ1n) is 10.8. The first-order valence-corrected chi connectivity index (χ1v) is 10.8. The van der Waals surface area contributed by atoms with Crippen molar-refractivity contribution in [3.8, 4) is 0 Å². The molecular weight excluding hydrogens is 477 g/mol. The van der Waals surface area contributed by atoms with Gasteiger partial charge >= 0.3 is 0 Å². The summed E-state index contributed by atoms with van der Waals surface area (Å²) in [5.41, 5.74) is 2.59. The van der Waals surface area contributed by atoms with Gasteiger partial charge in [-0.3, -0.25) is 9.69 Å². The van der Waals surface area contributed by atoms with Crippen molar-refractivity contribution in [3.63, 3.8) is 0 Å². The van der Waals surface area contributed by atoms with Crippen LogP contribution in [0, 0.1) is 0 Å². The topological polar surface area (TPSA) is 68.8 Å². The van der Waals surface area contributed by atoms with E-state index in [1.807, 2.05) is 0 Å². The van der Waals surface area contributed by atoms with Crippen LogP contribution < -0.4 is 16.0 Å². The molecular formula is C22H36IN5O. The van der Waals surface area contributed by atoms with Crippen molar-refractivity contribution in [1.29, 1.82) is 0 Å². The first-order chi connectivity index (χ1) is 13.7. The summed E-state index contributed by atoms with van der Waals surface area (Å²) in [5, 5.41) is 9.63. The van der Waals surface area contributed by atoms with Crippen LogP contribution in [0.25, 0.3) is 0 Å². The van der Waals surface area contributed by atoms with Crippen LogP contribution in [-0.2, 0) is 17.9 Å². The number of nitrogens with one attached hydrogen (secondary N) is 3. The summed E-state index contributed by atoms with van der Waals surface area (Å²) in [6, 6.07) is 9.26. The van der Waals surface area contributed by atoms with Crippen LogP contribution >= 0.6 is 24.0 Å². The van der Waals surface area contributed by atoms with Crippen LogP contribution in [0.1, 0.15) is 56.6 Å². The van der Waals surface area contributed by atoms with Gasteiger partial charge in [0.25, 0.3) is 0 Å². The van der Waals surface area contributed by atoms with Crippen molar-refractivity contribution in [2.45, 2.75) is 64.6 Å². The largest absolute Gasteiger partial charge is 0.357 e. The van der Waals surface area contributed by atoms with E-state index in [-0.39, 0.29) is 29.9 Å². The van der Waals surface area contributed by atoms with Crippen LogP contribution in [0.5, 0.6) is 0 Å².